The van der Waals surface area contributed by atoms with Crippen molar-refractivity contribution in [1.82, 2.24) is 0 Å². The molecule has 0 aliphatic carbocycles. The minimum absolute atomic E-state index is 0.596. The van der Waals surface area contributed by atoms with E-state index in [0.717, 1.165) is 11.0 Å². The molecule has 1 heterocycles. The molecule has 0 radical (unpaired) electrons. The van der Waals surface area contributed by atoms with Crippen LogP contribution in [0.3, 0.4) is 0 Å². The van der Waals surface area contributed by atoms with Gasteiger partial charge in [-0.1, -0.05) is 15.9 Å². The van der Waals surface area contributed by atoms with E-state index in [2.05, 4.69) is 59.2 Å². The first-order valence-electron chi connectivity index (χ1n) is 5.36. The van der Waals surface area contributed by atoms with E-state index in [1.54, 1.807) is 0 Å². The maximum Gasteiger partial charge on any atom is 0.0632 e. The Balaban J connectivity index is 2.53. The van der Waals surface area contributed by atoms with Crippen LogP contribution in [0.1, 0.15) is 18.9 Å². The molecule has 15 heavy (non-hydrogen) atoms. The van der Waals surface area contributed by atoms with Crippen molar-refractivity contribution in [3.8, 4) is 0 Å². The third-order valence-corrected chi connectivity index (χ3v) is 3.61. The zero-order chi connectivity index (χ0) is 11.0. The van der Waals surface area contributed by atoms with Crippen LogP contribution in [0.25, 0.3) is 0 Å². The Hall–Kier alpha value is -0.700. The highest BCUT2D eigenvalue weighted by atomic mass is 79.9. The molecule has 1 aromatic rings. The van der Waals surface area contributed by atoms with Crippen LogP contribution in [-0.2, 0) is 0 Å². The third-order valence-electron chi connectivity index (χ3n) is 3.16. The van der Waals surface area contributed by atoms with Crippen molar-refractivity contribution in [2.45, 2.75) is 26.3 Å². The molecular weight excluding hydrogens is 252 g/mol. The van der Waals surface area contributed by atoms with Crippen molar-refractivity contribution in [3.63, 3.8) is 0 Å². The van der Waals surface area contributed by atoms with Crippen molar-refractivity contribution in [1.29, 1.82) is 0 Å². The highest BCUT2D eigenvalue weighted by molar-refractivity contribution is 9.10. The van der Waals surface area contributed by atoms with Crippen molar-refractivity contribution in [2.75, 3.05) is 23.8 Å². The lowest BCUT2D eigenvalue weighted by atomic mass is 10.1. The van der Waals surface area contributed by atoms with E-state index < -0.39 is 0 Å². The predicted octanol–water partition coefficient (Wildman–Crippen LogP) is 3.40. The van der Waals surface area contributed by atoms with Gasteiger partial charge in [0.1, 0.15) is 0 Å². The SMILES string of the molecule is Cc1cc(Br)cc2c1N(C)C(C)CCN2. The fraction of sp³-hybridized carbons (Fsp3) is 0.500. The molecule has 3 heteroatoms. The Bertz CT molecular complexity index is 376. The van der Waals surface area contributed by atoms with Gasteiger partial charge in [0, 0.05) is 24.1 Å². The van der Waals surface area contributed by atoms with Crippen LogP contribution in [0, 0.1) is 6.92 Å². The Kier molecular flexibility index (Phi) is 2.91. The van der Waals surface area contributed by atoms with Crippen LogP contribution < -0.4 is 10.2 Å². The van der Waals surface area contributed by atoms with E-state index >= 15 is 0 Å². The van der Waals surface area contributed by atoms with E-state index in [4.69, 9.17) is 0 Å². The second kappa shape index (κ2) is 4.05. The topological polar surface area (TPSA) is 15.3 Å². The molecule has 1 aromatic carbocycles. The molecule has 1 aliphatic heterocycles. The zero-order valence-electron chi connectivity index (χ0n) is 9.47. The first-order chi connectivity index (χ1) is 7.09. The first-order valence-corrected chi connectivity index (χ1v) is 6.15. The minimum atomic E-state index is 0.596. The van der Waals surface area contributed by atoms with E-state index in [1.165, 1.54) is 23.4 Å². The highest BCUT2D eigenvalue weighted by Crippen LogP contribution is 2.35. The molecular formula is C12H17BrN2. The summed E-state index contributed by atoms with van der Waals surface area (Å²) in [5.41, 5.74) is 3.90. The number of hydrogen-bond donors (Lipinski definition) is 1. The second-order valence-electron chi connectivity index (χ2n) is 4.29. The van der Waals surface area contributed by atoms with Gasteiger partial charge in [-0.25, -0.2) is 0 Å². The number of nitrogens with zero attached hydrogens (tertiary/aromatic N) is 1. The van der Waals surface area contributed by atoms with Crippen molar-refractivity contribution < 1.29 is 0 Å². The Morgan fingerprint density at radius 3 is 2.93 bits per heavy atom. The third kappa shape index (κ3) is 1.98. The summed E-state index contributed by atoms with van der Waals surface area (Å²) >= 11 is 3.54. The Labute approximate surface area is 99.8 Å². The lowest BCUT2D eigenvalue weighted by Crippen LogP contribution is -2.28. The molecule has 0 saturated heterocycles. The molecule has 1 aliphatic rings. The molecule has 0 bridgehead atoms. The summed E-state index contributed by atoms with van der Waals surface area (Å²) < 4.78 is 1.15. The summed E-state index contributed by atoms with van der Waals surface area (Å²) in [6, 6.07) is 4.94. The highest BCUT2D eigenvalue weighted by Gasteiger charge is 2.19. The van der Waals surface area contributed by atoms with Gasteiger partial charge in [0.15, 0.2) is 0 Å². The molecule has 1 N–H and O–H groups in total. The smallest absolute Gasteiger partial charge is 0.0632 e. The number of halogens is 1. The molecule has 0 aromatic heterocycles. The van der Waals surface area contributed by atoms with Gasteiger partial charge < -0.3 is 10.2 Å². The van der Waals surface area contributed by atoms with Crippen LogP contribution in [-0.4, -0.2) is 19.6 Å². The van der Waals surface area contributed by atoms with Crippen molar-refractivity contribution in [2.24, 2.45) is 0 Å². The van der Waals surface area contributed by atoms with Gasteiger partial charge >= 0.3 is 0 Å². The van der Waals surface area contributed by atoms with Gasteiger partial charge in [0.25, 0.3) is 0 Å². The van der Waals surface area contributed by atoms with Crippen LogP contribution in [0.2, 0.25) is 0 Å². The summed E-state index contributed by atoms with van der Waals surface area (Å²) in [4.78, 5) is 2.37. The minimum Gasteiger partial charge on any atom is -0.383 e. The molecule has 0 amide bonds. The summed E-state index contributed by atoms with van der Waals surface area (Å²) in [6.45, 7) is 5.49. The summed E-state index contributed by atoms with van der Waals surface area (Å²) in [5.74, 6) is 0. The van der Waals surface area contributed by atoms with Gasteiger partial charge in [-0.15, -0.1) is 0 Å². The number of anilines is 2. The van der Waals surface area contributed by atoms with E-state index in [-0.39, 0.29) is 0 Å². The largest absolute Gasteiger partial charge is 0.383 e. The molecule has 2 nitrogen and oxygen atoms in total. The van der Waals surface area contributed by atoms with Crippen molar-refractivity contribution >= 4 is 27.3 Å². The zero-order valence-corrected chi connectivity index (χ0v) is 11.1. The van der Waals surface area contributed by atoms with Crippen LogP contribution in [0.15, 0.2) is 16.6 Å². The van der Waals surface area contributed by atoms with Crippen LogP contribution >= 0.6 is 15.9 Å². The molecule has 0 saturated carbocycles. The summed E-state index contributed by atoms with van der Waals surface area (Å²) in [7, 11) is 2.18. The maximum absolute atomic E-state index is 3.54. The second-order valence-corrected chi connectivity index (χ2v) is 5.21. The van der Waals surface area contributed by atoms with Gasteiger partial charge in [0.05, 0.1) is 11.4 Å². The predicted molar refractivity (Wildman–Crippen MR) is 69.9 cm³/mol. The van der Waals surface area contributed by atoms with Gasteiger partial charge in [0.2, 0.25) is 0 Å². The van der Waals surface area contributed by atoms with Crippen LogP contribution in [0.5, 0.6) is 0 Å². The van der Waals surface area contributed by atoms with E-state index in [1.807, 2.05) is 0 Å². The fourth-order valence-electron chi connectivity index (χ4n) is 2.17. The fourth-order valence-corrected chi connectivity index (χ4v) is 2.74. The number of nitrogens with one attached hydrogen (secondary N) is 1. The number of benzene rings is 1. The Morgan fingerprint density at radius 1 is 1.47 bits per heavy atom. The quantitative estimate of drug-likeness (QED) is 0.776. The molecule has 2 rings (SSSR count). The lowest BCUT2D eigenvalue weighted by molar-refractivity contribution is 0.656. The van der Waals surface area contributed by atoms with E-state index in [9.17, 15) is 0 Å². The molecule has 1 atom stereocenters. The average molecular weight is 269 g/mol. The van der Waals surface area contributed by atoms with Gasteiger partial charge in [-0.05, 0) is 38.0 Å². The Morgan fingerprint density at radius 2 is 2.20 bits per heavy atom. The number of fused-ring (bicyclic) bond motifs is 1. The van der Waals surface area contributed by atoms with Crippen molar-refractivity contribution in [3.05, 3.63) is 22.2 Å². The van der Waals surface area contributed by atoms with E-state index in [0.29, 0.717) is 6.04 Å². The molecule has 0 spiro atoms. The van der Waals surface area contributed by atoms with Gasteiger partial charge in [-0.3, -0.25) is 0 Å². The monoisotopic (exact) mass is 268 g/mol. The first kappa shape index (κ1) is 10.8. The summed E-state index contributed by atoms with van der Waals surface area (Å²) in [5, 5.41) is 3.50. The van der Waals surface area contributed by atoms with Crippen LogP contribution in [0.4, 0.5) is 11.4 Å². The molecule has 0 fully saturated rings. The molecule has 82 valence electrons. The summed E-state index contributed by atoms with van der Waals surface area (Å²) in [6.07, 6.45) is 1.18. The number of hydrogen-bond acceptors (Lipinski definition) is 2. The number of aryl methyl sites for hydroxylation is 1. The standard InChI is InChI=1S/C12H17BrN2/c1-8-6-10(13)7-11-12(8)15(3)9(2)4-5-14-11/h6-7,9,14H,4-5H2,1-3H3. The van der Waals surface area contributed by atoms with Gasteiger partial charge in [-0.2, -0.15) is 0 Å². The maximum atomic E-state index is 3.54. The normalized spacial score (nSPS) is 20.5. The number of rotatable bonds is 0. The molecule has 1 unspecified atom stereocenters. The average Bonchev–Trinajstić information content (AvgIpc) is 2.27. The lowest BCUT2D eigenvalue weighted by Gasteiger charge is -2.27.